The van der Waals surface area contributed by atoms with Crippen LogP contribution in [0.3, 0.4) is 0 Å². The first-order valence-corrected chi connectivity index (χ1v) is 7.49. The Balaban J connectivity index is 2.01. The molecule has 4 nitrogen and oxygen atoms in total. The molecular weight excluding hydrogens is 283 g/mol. The van der Waals surface area contributed by atoms with E-state index in [0.717, 1.165) is 5.56 Å². The standard InChI is InChI=1S/C17H21FN2O2/c1-15(2)12-17(18,16(15,3)4)13(21)19-14(22)20(12)10-11-8-6-5-7-9-11/h5-9,12H,10H2,1-4H3,(H,19,21,22). The van der Waals surface area contributed by atoms with Gasteiger partial charge < -0.3 is 4.90 Å². The van der Waals surface area contributed by atoms with Crippen molar-refractivity contribution in [2.75, 3.05) is 0 Å². The molecule has 1 aromatic carbocycles. The molecule has 0 spiro atoms. The van der Waals surface area contributed by atoms with Crippen molar-refractivity contribution in [3.05, 3.63) is 35.9 Å². The van der Waals surface area contributed by atoms with E-state index in [-0.39, 0.29) is 6.54 Å². The van der Waals surface area contributed by atoms with Crippen molar-refractivity contribution >= 4 is 11.9 Å². The molecule has 0 bridgehead atoms. The van der Waals surface area contributed by atoms with Gasteiger partial charge in [-0.05, 0) is 11.0 Å². The zero-order valence-corrected chi connectivity index (χ0v) is 13.3. The summed E-state index contributed by atoms with van der Waals surface area (Å²) in [7, 11) is 0. The molecule has 0 aromatic heterocycles. The molecule has 1 saturated carbocycles. The summed E-state index contributed by atoms with van der Waals surface area (Å²) in [6, 6.07) is 8.15. The minimum atomic E-state index is -2.06. The Morgan fingerprint density at radius 1 is 1.14 bits per heavy atom. The minimum absolute atomic E-state index is 0.288. The van der Waals surface area contributed by atoms with Gasteiger partial charge in [-0.2, -0.15) is 0 Å². The van der Waals surface area contributed by atoms with Crippen LogP contribution < -0.4 is 5.32 Å². The second-order valence-electron chi connectivity index (χ2n) is 7.33. The normalized spacial score (nSPS) is 32.0. The number of amides is 3. The number of hydrogen-bond acceptors (Lipinski definition) is 2. The molecule has 2 atom stereocenters. The van der Waals surface area contributed by atoms with E-state index in [4.69, 9.17) is 0 Å². The first-order chi connectivity index (χ1) is 10.1. The van der Waals surface area contributed by atoms with E-state index in [1.54, 1.807) is 13.8 Å². The summed E-state index contributed by atoms with van der Waals surface area (Å²) in [6.07, 6.45) is 0. The molecule has 118 valence electrons. The van der Waals surface area contributed by atoms with Gasteiger partial charge in [0.05, 0.1) is 6.04 Å². The maximum absolute atomic E-state index is 15.5. The number of rotatable bonds is 2. The number of carbonyl (C=O) groups excluding carboxylic acids is 2. The van der Waals surface area contributed by atoms with E-state index in [2.05, 4.69) is 5.32 Å². The molecule has 1 N–H and O–H groups in total. The van der Waals surface area contributed by atoms with Crippen LogP contribution in [0.25, 0.3) is 0 Å². The summed E-state index contributed by atoms with van der Waals surface area (Å²) in [5.74, 6) is -0.809. The van der Waals surface area contributed by atoms with Gasteiger partial charge in [-0.1, -0.05) is 58.0 Å². The Labute approximate surface area is 129 Å². The van der Waals surface area contributed by atoms with E-state index in [9.17, 15) is 9.59 Å². The fourth-order valence-electron chi connectivity index (χ4n) is 3.90. The molecule has 3 amide bonds. The number of nitrogens with one attached hydrogen (secondary N) is 1. The zero-order valence-electron chi connectivity index (χ0n) is 13.3. The maximum Gasteiger partial charge on any atom is 0.324 e. The highest BCUT2D eigenvalue weighted by Crippen LogP contribution is 2.67. The quantitative estimate of drug-likeness (QED) is 0.913. The molecule has 1 saturated heterocycles. The molecule has 2 fully saturated rings. The van der Waals surface area contributed by atoms with Gasteiger partial charge in [-0.25, -0.2) is 9.18 Å². The van der Waals surface area contributed by atoms with Gasteiger partial charge in [0.1, 0.15) is 0 Å². The molecule has 5 heteroatoms. The predicted octanol–water partition coefficient (Wildman–Crippen LogP) is 2.88. The molecule has 22 heavy (non-hydrogen) atoms. The van der Waals surface area contributed by atoms with Crippen molar-refractivity contribution in [3.63, 3.8) is 0 Å². The highest BCUT2D eigenvalue weighted by molar-refractivity contribution is 6.04. The lowest BCUT2D eigenvalue weighted by molar-refractivity contribution is -0.249. The summed E-state index contributed by atoms with van der Waals surface area (Å²) >= 11 is 0. The largest absolute Gasteiger partial charge is 0.324 e. The first kappa shape index (κ1) is 15.0. The summed E-state index contributed by atoms with van der Waals surface area (Å²) in [6.45, 7) is 7.62. The fourth-order valence-corrected chi connectivity index (χ4v) is 3.90. The Bertz CT molecular complexity index is 641. The number of benzene rings is 1. The summed E-state index contributed by atoms with van der Waals surface area (Å²) in [5.41, 5.74) is -2.48. The SMILES string of the molecule is CC1(C)C2N(Cc3ccccc3)C(=O)NC(=O)C2(F)C1(C)C. The van der Waals surface area contributed by atoms with Gasteiger partial charge in [0, 0.05) is 12.0 Å². The van der Waals surface area contributed by atoms with Gasteiger partial charge in [0.2, 0.25) is 5.67 Å². The maximum atomic E-state index is 15.5. The van der Waals surface area contributed by atoms with Crippen molar-refractivity contribution < 1.29 is 14.0 Å². The molecule has 1 aromatic rings. The number of nitrogens with zero attached hydrogens (tertiary/aromatic N) is 1. The topological polar surface area (TPSA) is 49.4 Å². The van der Waals surface area contributed by atoms with Crippen LogP contribution in [-0.2, 0) is 11.3 Å². The molecular formula is C17H21FN2O2. The van der Waals surface area contributed by atoms with Crippen molar-refractivity contribution in [3.8, 4) is 0 Å². The number of fused-ring (bicyclic) bond motifs is 1. The molecule has 1 heterocycles. The third-order valence-electron chi connectivity index (χ3n) is 5.90. The second-order valence-corrected chi connectivity index (χ2v) is 7.33. The van der Waals surface area contributed by atoms with Crippen LogP contribution in [0.1, 0.15) is 33.3 Å². The molecule has 2 aliphatic rings. The van der Waals surface area contributed by atoms with Gasteiger partial charge in [0.25, 0.3) is 5.91 Å². The monoisotopic (exact) mass is 304 g/mol. The van der Waals surface area contributed by atoms with Crippen molar-refractivity contribution in [1.82, 2.24) is 10.2 Å². The first-order valence-electron chi connectivity index (χ1n) is 7.49. The van der Waals surface area contributed by atoms with Gasteiger partial charge in [0.15, 0.2) is 0 Å². The van der Waals surface area contributed by atoms with Crippen molar-refractivity contribution in [2.24, 2.45) is 10.8 Å². The van der Waals surface area contributed by atoms with Crippen LogP contribution in [0, 0.1) is 10.8 Å². The highest BCUT2D eigenvalue weighted by Gasteiger charge is 2.80. The predicted molar refractivity (Wildman–Crippen MR) is 80.7 cm³/mol. The average molecular weight is 304 g/mol. The summed E-state index contributed by atoms with van der Waals surface area (Å²) < 4.78 is 15.5. The lowest BCUT2D eigenvalue weighted by Crippen LogP contribution is -2.86. The Morgan fingerprint density at radius 2 is 1.73 bits per heavy atom. The number of imide groups is 1. The average Bonchev–Trinajstić information content (AvgIpc) is 2.45. The lowest BCUT2D eigenvalue weighted by atomic mass is 9.40. The lowest BCUT2D eigenvalue weighted by Gasteiger charge is -2.70. The molecule has 1 aliphatic carbocycles. The van der Waals surface area contributed by atoms with E-state index >= 15 is 4.39 Å². The number of alkyl halides is 1. The number of halogens is 1. The zero-order chi connectivity index (χ0) is 16.3. The molecule has 1 aliphatic heterocycles. The van der Waals surface area contributed by atoms with Crippen LogP contribution in [0.5, 0.6) is 0 Å². The van der Waals surface area contributed by atoms with E-state index < -0.39 is 34.5 Å². The van der Waals surface area contributed by atoms with E-state index in [0.29, 0.717) is 0 Å². The third kappa shape index (κ3) is 1.57. The Kier molecular flexibility index (Phi) is 2.94. The van der Waals surface area contributed by atoms with E-state index in [1.165, 1.54) is 4.90 Å². The molecule has 0 radical (unpaired) electrons. The smallest absolute Gasteiger partial charge is 0.313 e. The number of urea groups is 1. The van der Waals surface area contributed by atoms with Gasteiger partial charge in [-0.15, -0.1) is 0 Å². The number of hydrogen-bond donors (Lipinski definition) is 1. The van der Waals surface area contributed by atoms with Crippen LogP contribution in [0.15, 0.2) is 30.3 Å². The molecule has 3 rings (SSSR count). The van der Waals surface area contributed by atoms with Gasteiger partial charge in [-0.3, -0.25) is 10.1 Å². The Hall–Kier alpha value is -1.91. The second kappa shape index (κ2) is 4.31. The fraction of sp³-hybridized carbons (Fsp3) is 0.529. The Morgan fingerprint density at radius 3 is 2.32 bits per heavy atom. The van der Waals surface area contributed by atoms with E-state index in [1.807, 2.05) is 44.2 Å². The minimum Gasteiger partial charge on any atom is -0.313 e. The van der Waals surface area contributed by atoms with Crippen LogP contribution in [0.2, 0.25) is 0 Å². The molecule has 2 unspecified atom stereocenters. The van der Waals surface area contributed by atoms with Gasteiger partial charge >= 0.3 is 6.03 Å². The highest BCUT2D eigenvalue weighted by atomic mass is 19.1. The van der Waals surface area contributed by atoms with Crippen molar-refractivity contribution in [2.45, 2.75) is 46.0 Å². The summed E-state index contributed by atoms with van der Waals surface area (Å²) in [4.78, 5) is 25.9. The summed E-state index contributed by atoms with van der Waals surface area (Å²) in [5, 5.41) is 2.19. The van der Waals surface area contributed by atoms with Crippen LogP contribution >= 0.6 is 0 Å². The van der Waals surface area contributed by atoms with Crippen LogP contribution in [-0.4, -0.2) is 28.5 Å². The number of carbonyl (C=O) groups is 2. The van der Waals surface area contributed by atoms with Crippen LogP contribution in [0.4, 0.5) is 9.18 Å². The third-order valence-corrected chi connectivity index (χ3v) is 5.90. The van der Waals surface area contributed by atoms with Crippen molar-refractivity contribution in [1.29, 1.82) is 0 Å².